The van der Waals surface area contributed by atoms with Crippen molar-refractivity contribution in [1.82, 2.24) is 4.90 Å². The van der Waals surface area contributed by atoms with E-state index in [-0.39, 0.29) is 18.1 Å². The van der Waals surface area contributed by atoms with Crippen LogP contribution in [0.4, 0.5) is 0 Å². The van der Waals surface area contributed by atoms with Crippen LogP contribution in [0, 0.1) is 0 Å². The Hall–Kier alpha value is -0.570. The van der Waals surface area contributed by atoms with Gasteiger partial charge in [-0.25, -0.2) is 0 Å². The van der Waals surface area contributed by atoms with E-state index in [1.807, 2.05) is 13.8 Å². The molecular weight excluding hydrogens is 154 g/mol. The maximum atomic E-state index is 11.4. The molecule has 1 heterocycles. The Bertz CT molecular complexity index is 177. The predicted molar refractivity (Wildman–Crippen MR) is 46.7 cm³/mol. The number of aliphatic hydroxyl groups is 1. The van der Waals surface area contributed by atoms with Crippen molar-refractivity contribution in [3.05, 3.63) is 0 Å². The topological polar surface area (TPSA) is 40.5 Å². The average Bonchev–Trinajstić information content (AvgIpc) is 2.05. The van der Waals surface area contributed by atoms with E-state index < -0.39 is 0 Å². The van der Waals surface area contributed by atoms with Gasteiger partial charge in [0, 0.05) is 13.0 Å². The zero-order valence-electron chi connectivity index (χ0n) is 7.84. The van der Waals surface area contributed by atoms with E-state index in [9.17, 15) is 4.79 Å². The number of hydrogen-bond acceptors (Lipinski definition) is 2. The number of hydrogen-bond donors (Lipinski definition) is 1. The van der Waals surface area contributed by atoms with Crippen LogP contribution in [-0.2, 0) is 4.79 Å². The van der Waals surface area contributed by atoms with Gasteiger partial charge in [-0.05, 0) is 26.7 Å². The smallest absolute Gasteiger partial charge is 0.223 e. The van der Waals surface area contributed by atoms with Crippen molar-refractivity contribution in [3.63, 3.8) is 0 Å². The molecule has 0 aromatic heterocycles. The molecule has 0 unspecified atom stereocenters. The van der Waals surface area contributed by atoms with E-state index >= 15 is 0 Å². The molecule has 1 N–H and O–H groups in total. The number of amides is 1. The summed E-state index contributed by atoms with van der Waals surface area (Å²) in [5.41, 5.74) is -0.377. The van der Waals surface area contributed by atoms with Crippen molar-refractivity contribution >= 4 is 5.91 Å². The minimum atomic E-state index is -0.377. The molecule has 0 aliphatic carbocycles. The summed E-state index contributed by atoms with van der Waals surface area (Å²) < 4.78 is 0. The Morgan fingerprint density at radius 1 is 1.50 bits per heavy atom. The number of carbonyl (C=O) groups excluding carboxylic acids is 1. The van der Waals surface area contributed by atoms with Crippen molar-refractivity contribution in [3.8, 4) is 0 Å². The second-order valence-electron chi connectivity index (χ2n) is 3.97. The summed E-state index contributed by atoms with van der Waals surface area (Å²) in [5, 5.41) is 9.07. The molecule has 1 saturated heterocycles. The summed E-state index contributed by atoms with van der Waals surface area (Å²) in [6, 6.07) is 0. The fourth-order valence-corrected chi connectivity index (χ4v) is 1.53. The fourth-order valence-electron chi connectivity index (χ4n) is 1.53. The zero-order chi connectivity index (χ0) is 9.19. The number of aliphatic hydroxyl groups excluding tert-OH is 1. The molecule has 70 valence electrons. The SMILES string of the molecule is CC(C)(CO)N1CCCCC1=O. The van der Waals surface area contributed by atoms with Gasteiger partial charge in [0.1, 0.15) is 0 Å². The van der Waals surface area contributed by atoms with Gasteiger partial charge in [-0.15, -0.1) is 0 Å². The molecule has 1 fully saturated rings. The van der Waals surface area contributed by atoms with Gasteiger partial charge in [-0.2, -0.15) is 0 Å². The average molecular weight is 171 g/mol. The van der Waals surface area contributed by atoms with Gasteiger partial charge >= 0.3 is 0 Å². The highest BCUT2D eigenvalue weighted by Crippen LogP contribution is 2.20. The van der Waals surface area contributed by atoms with Crippen molar-refractivity contribution in [2.45, 2.75) is 38.6 Å². The Labute approximate surface area is 73.4 Å². The molecule has 1 aliphatic heterocycles. The third-order valence-electron chi connectivity index (χ3n) is 2.44. The molecule has 12 heavy (non-hydrogen) atoms. The number of rotatable bonds is 2. The summed E-state index contributed by atoms with van der Waals surface area (Å²) in [6.07, 6.45) is 2.70. The molecular formula is C9H17NO2. The molecule has 1 aliphatic rings. The molecule has 0 spiro atoms. The molecule has 0 bridgehead atoms. The lowest BCUT2D eigenvalue weighted by molar-refractivity contribution is -0.140. The maximum absolute atomic E-state index is 11.4. The Kier molecular flexibility index (Phi) is 2.73. The van der Waals surface area contributed by atoms with Crippen LogP contribution in [0.5, 0.6) is 0 Å². The lowest BCUT2D eigenvalue weighted by Crippen LogP contribution is -2.52. The van der Waals surface area contributed by atoms with E-state index in [1.165, 1.54) is 0 Å². The summed E-state index contributed by atoms with van der Waals surface area (Å²) in [5.74, 6) is 0.181. The van der Waals surface area contributed by atoms with Crippen LogP contribution in [0.25, 0.3) is 0 Å². The van der Waals surface area contributed by atoms with Crippen LogP contribution in [-0.4, -0.2) is 34.6 Å². The maximum Gasteiger partial charge on any atom is 0.223 e. The van der Waals surface area contributed by atoms with Crippen molar-refractivity contribution in [2.75, 3.05) is 13.2 Å². The third kappa shape index (κ3) is 1.78. The second kappa shape index (κ2) is 3.44. The van der Waals surface area contributed by atoms with Gasteiger partial charge in [0.05, 0.1) is 12.1 Å². The first kappa shape index (κ1) is 9.52. The summed E-state index contributed by atoms with van der Waals surface area (Å²) in [7, 11) is 0. The molecule has 3 nitrogen and oxygen atoms in total. The highest BCUT2D eigenvalue weighted by molar-refractivity contribution is 5.77. The van der Waals surface area contributed by atoms with Gasteiger partial charge in [0.2, 0.25) is 5.91 Å². The minimum Gasteiger partial charge on any atom is -0.394 e. The van der Waals surface area contributed by atoms with E-state index in [0.29, 0.717) is 6.42 Å². The van der Waals surface area contributed by atoms with Crippen LogP contribution >= 0.6 is 0 Å². The number of nitrogens with zero attached hydrogens (tertiary/aromatic N) is 1. The number of likely N-dealkylation sites (tertiary alicyclic amines) is 1. The first-order valence-electron chi connectivity index (χ1n) is 4.49. The lowest BCUT2D eigenvalue weighted by Gasteiger charge is -2.39. The van der Waals surface area contributed by atoms with Crippen molar-refractivity contribution < 1.29 is 9.90 Å². The van der Waals surface area contributed by atoms with Gasteiger partial charge in [0.25, 0.3) is 0 Å². The Balaban J connectivity index is 2.65. The van der Waals surface area contributed by atoms with E-state index in [4.69, 9.17) is 5.11 Å². The second-order valence-corrected chi connectivity index (χ2v) is 3.97. The largest absolute Gasteiger partial charge is 0.394 e. The summed E-state index contributed by atoms with van der Waals surface area (Å²) in [4.78, 5) is 13.2. The fraction of sp³-hybridized carbons (Fsp3) is 0.889. The van der Waals surface area contributed by atoms with E-state index in [2.05, 4.69) is 0 Å². The molecule has 0 aromatic carbocycles. The minimum absolute atomic E-state index is 0.0404. The highest BCUT2D eigenvalue weighted by Gasteiger charge is 2.31. The van der Waals surface area contributed by atoms with Crippen molar-refractivity contribution in [1.29, 1.82) is 0 Å². The Morgan fingerprint density at radius 3 is 2.67 bits per heavy atom. The number of carbonyl (C=O) groups is 1. The van der Waals surface area contributed by atoms with Crippen LogP contribution in [0.3, 0.4) is 0 Å². The first-order chi connectivity index (χ1) is 5.58. The molecule has 0 radical (unpaired) electrons. The van der Waals surface area contributed by atoms with Crippen molar-refractivity contribution in [2.24, 2.45) is 0 Å². The molecule has 0 atom stereocenters. The van der Waals surface area contributed by atoms with Crippen LogP contribution < -0.4 is 0 Å². The molecule has 1 amide bonds. The molecule has 0 saturated carbocycles. The number of piperidine rings is 1. The van der Waals surface area contributed by atoms with Gasteiger partial charge in [0.15, 0.2) is 0 Å². The zero-order valence-corrected chi connectivity index (χ0v) is 7.84. The standard InChI is InChI=1S/C9H17NO2/c1-9(2,7-11)10-6-4-3-5-8(10)12/h11H,3-7H2,1-2H3. The van der Waals surface area contributed by atoms with Gasteiger partial charge in [-0.3, -0.25) is 4.79 Å². The summed E-state index contributed by atoms with van der Waals surface area (Å²) >= 11 is 0. The van der Waals surface area contributed by atoms with Crippen LogP contribution in [0.2, 0.25) is 0 Å². The lowest BCUT2D eigenvalue weighted by atomic mass is 9.99. The van der Waals surface area contributed by atoms with Crippen LogP contribution in [0.1, 0.15) is 33.1 Å². The molecule has 1 rings (SSSR count). The normalized spacial score (nSPS) is 19.9. The van der Waals surface area contributed by atoms with Crippen LogP contribution in [0.15, 0.2) is 0 Å². The quantitative estimate of drug-likeness (QED) is 0.666. The predicted octanol–water partition coefficient (Wildman–Crippen LogP) is 0.770. The third-order valence-corrected chi connectivity index (χ3v) is 2.44. The van der Waals surface area contributed by atoms with E-state index in [0.717, 1.165) is 19.4 Å². The summed E-state index contributed by atoms with van der Waals surface area (Å²) in [6.45, 7) is 4.64. The van der Waals surface area contributed by atoms with E-state index in [1.54, 1.807) is 4.90 Å². The Morgan fingerprint density at radius 2 is 2.17 bits per heavy atom. The molecule has 0 aromatic rings. The molecule has 3 heteroatoms. The van der Waals surface area contributed by atoms with Gasteiger partial charge in [-0.1, -0.05) is 0 Å². The van der Waals surface area contributed by atoms with Gasteiger partial charge < -0.3 is 10.0 Å². The monoisotopic (exact) mass is 171 g/mol. The first-order valence-corrected chi connectivity index (χ1v) is 4.49. The highest BCUT2D eigenvalue weighted by atomic mass is 16.3.